The molecule has 1 unspecified atom stereocenters. The summed E-state index contributed by atoms with van der Waals surface area (Å²) in [6, 6.07) is 0. The summed E-state index contributed by atoms with van der Waals surface area (Å²) < 4.78 is 19.3. The highest BCUT2D eigenvalue weighted by molar-refractivity contribution is 9.09. The molecule has 48 heavy (non-hydrogen) atoms. The molecule has 0 aromatic rings. The van der Waals surface area contributed by atoms with E-state index in [0.717, 1.165) is 43.7 Å². The van der Waals surface area contributed by atoms with E-state index in [-0.39, 0.29) is 6.29 Å². The topological polar surface area (TPSA) is 27.7 Å². The van der Waals surface area contributed by atoms with Gasteiger partial charge in [0.05, 0.1) is 0 Å². The third-order valence-electron chi connectivity index (χ3n) is 9.57. The van der Waals surface area contributed by atoms with Crippen LogP contribution in [0.4, 0.5) is 0 Å². The minimum absolute atomic E-state index is 0.102. The van der Waals surface area contributed by atoms with Crippen LogP contribution in [0.25, 0.3) is 0 Å². The molecule has 288 valence electrons. The number of rotatable bonds is 40. The molecule has 0 heterocycles. The summed E-state index contributed by atoms with van der Waals surface area (Å²) in [5, 5.41) is 1.10. The van der Waals surface area contributed by atoms with Crippen molar-refractivity contribution in [1.82, 2.24) is 0 Å². The van der Waals surface area contributed by atoms with Gasteiger partial charge in [-0.05, 0) is 76.8 Å². The Kier molecular flexibility index (Phi) is 38.8. The van der Waals surface area contributed by atoms with E-state index in [9.17, 15) is 0 Å². The molecule has 0 spiro atoms. The second-order valence-electron chi connectivity index (χ2n) is 15.6. The van der Waals surface area contributed by atoms with Gasteiger partial charge in [-0.15, -0.1) is 0 Å². The van der Waals surface area contributed by atoms with E-state index in [4.69, 9.17) is 13.6 Å². The first-order chi connectivity index (χ1) is 23.4. The maximum Gasteiger partial charge on any atom is 0.333 e. The zero-order valence-electron chi connectivity index (χ0n) is 33.5. The predicted octanol–water partition coefficient (Wildman–Crippen LogP) is 15.8. The number of unbranched alkanes of at least 4 members (excludes halogenated alkanes) is 25. The Hall–Kier alpha value is 0.317. The summed E-state index contributed by atoms with van der Waals surface area (Å²) in [5.41, 5.74) is 0. The lowest BCUT2D eigenvalue weighted by molar-refractivity contribution is -0.104. The Balaban J connectivity index is 4.12. The fraction of sp³-hybridized carbons (Fsp3) is 0.953. The van der Waals surface area contributed by atoms with Crippen LogP contribution in [0.15, 0.2) is 12.2 Å². The van der Waals surface area contributed by atoms with E-state index in [1.54, 1.807) is 0 Å². The zero-order valence-corrected chi connectivity index (χ0v) is 36.0. The number of hydrogen-bond donors (Lipinski definition) is 0. The van der Waals surface area contributed by atoms with E-state index in [1.165, 1.54) is 180 Å². The molecule has 3 nitrogen and oxygen atoms in total. The maximum absolute atomic E-state index is 6.59. The van der Waals surface area contributed by atoms with Gasteiger partial charge in [0, 0.05) is 18.5 Å². The molecule has 0 aromatic heterocycles. The molecule has 0 amide bonds. The van der Waals surface area contributed by atoms with Crippen LogP contribution in [0, 0.1) is 5.92 Å². The molecule has 0 N–H and O–H groups in total. The van der Waals surface area contributed by atoms with Gasteiger partial charge in [-0.2, -0.15) is 0 Å². The Labute approximate surface area is 312 Å². The molecule has 0 radical (unpaired) electrons. The van der Waals surface area contributed by atoms with Crippen molar-refractivity contribution >= 4 is 24.5 Å². The SMILES string of the molecule is CCCCCCCC/C=C\CCCCCCCC(OCCCCCCCCCCCCCCC(C)C)O[Si](C)(C)OCCCCCCBr. The third-order valence-corrected chi connectivity index (χ3v) is 11.9. The van der Waals surface area contributed by atoms with Crippen molar-refractivity contribution in [3.63, 3.8) is 0 Å². The van der Waals surface area contributed by atoms with E-state index in [0.29, 0.717) is 0 Å². The van der Waals surface area contributed by atoms with Crippen LogP contribution in [0.2, 0.25) is 13.1 Å². The lowest BCUT2D eigenvalue weighted by atomic mass is 10.0. The summed E-state index contributed by atoms with van der Waals surface area (Å²) in [6.07, 6.45) is 46.0. The summed E-state index contributed by atoms with van der Waals surface area (Å²) in [6.45, 7) is 13.0. The van der Waals surface area contributed by atoms with Gasteiger partial charge in [0.25, 0.3) is 0 Å². The molecule has 0 saturated carbocycles. The van der Waals surface area contributed by atoms with Crippen LogP contribution in [0.1, 0.15) is 220 Å². The molecule has 0 aliphatic rings. The normalized spacial score (nSPS) is 13.0. The Morgan fingerprint density at radius 2 is 0.917 bits per heavy atom. The highest BCUT2D eigenvalue weighted by atomic mass is 79.9. The summed E-state index contributed by atoms with van der Waals surface area (Å²) >= 11 is 3.54. The van der Waals surface area contributed by atoms with Crippen molar-refractivity contribution in [3.8, 4) is 0 Å². The van der Waals surface area contributed by atoms with E-state index < -0.39 is 8.56 Å². The fourth-order valence-corrected chi connectivity index (χ4v) is 8.33. The van der Waals surface area contributed by atoms with Gasteiger partial charge in [-0.3, -0.25) is 0 Å². The quantitative estimate of drug-likeness (QED) is 0.0205. The number of hydrogen-bond acceptors (Lipinski definition) is 3. The van der Waals surface area contributed by atoms with E-state index in [2.05, 4.69) is 61.9 Å². The van der Waals surface area contributed by atoms with Gasteiger partial charge in [0.15, 0.2) is 0 Å². The van der Waals surface area contributed by atoms with Crippen LogP contribution in [-0.4, -0.2) is 33.4 Å². The second-order valence-corrected chi connectivity index (χ2v) is 19.7. The minimum Gasteiger partial charge on any atom is -0.394 e. The molecule has 0 saturated heterocycles. The fourth-order valence-electron chi connectivity index (χ4n) is 6.41. The minimum atomic E-state index is -2.20. The van der Waals surface area contributed by atoms with Gasteiger partial charge in [-0.1, -0.05) is 190 Å². The largest absolute Gasteiger partial charge is 0.394 e. The third kappa shape index (κ3) is 39.1. The Morgan fingerprint density at radius 3 is 1.42 bits per heavy atom. The molecular formula is C43H87BrO3Si. The number of allylic oxidation sites excluding steroid dienone is 2. The average Bonchev–Trinajstić information content (AvgIpc) is 3.05. The molecule has 0 aromatic carbocycles. The first-order valence-electron chi connectivity index (χ1n) is 21.6. The van der Waals surface area contributed by atoms with Crippen molar-refractivity contribution in [2.24, 2.45) is 5.92 Å². The van der Waals surface area contributed by atoms with Crippen molar-refractivity contribution in [2.45, 2.75) is 239 Å². The molecular weight excluding hydrogens is 672 g/mol. The van der Waals surface area contributed by atoms with Crippen molar-refractivity contribution in [1.29, 1.82) is 0 Å². The average molecular weight is 760 g/mol. The summed E-state index contributed by atoms with van der Waals surface area (Å²) in [5.74, 6) is 0.871. The van der Waals surface area contributed by atoms with Crippen LogP contribution in [-0.2, 0) is 13.6 Å². The number of halogens is 1. The van der Waals surface area contributed by atoms with Crippen LogP contribution in [0.5, 0.6) is 0 Å². The molecule has 0 aliphatic heterocycles. The first kappa shape index (κ1) is 48.3. The van der Waals surface area contributed by atoms with E-state index in [1.807, 2.05) is 0 Å². The molecule has 5 heteroatoms. The van der Waals surface area contributed by atoms with Gasteiger partial charge in [0.1, 0.15) is 6.29 Å². The standard InChI is InChI=1S/C43H87BrO3Si/c1-6-7-8-9-10-11-12-13-14-15-19-22-25-28-33-38-43(47-48(4,5)46-41-36-31-29-34-39-44)45-40-35-30-26-23-20-17-16-18-21-24-27-32-37-42(2)3/h13-14,42-43H,6-12,15-41H2,1-5H3/b14-13-. The Bertz CT molecular complexity index is 642. The van der Waals surface area contributed by atoms with Crippen molar-refractivity contribution < 1.29 is 13.6 Å². The summed E-state index contributed by atoms with van der Waals surface area (Å²) in [4.78, 5) is 0. The smallest absolute Gasteiger partial charge is 0.333 e. The van der Waals surface area contributed by atoms with Crippen LogP contribution >= 0.6 is 15.9 Å². The van der Waals surface area contributed by atoms with Gasteiger partial charge < -0.3 is 13.6 Å². The monoisotopic (exact) mass is 759 g/mol. The highest BCUT2D eigenvalue weighted by Gasteiger charge is 2.29. The maximum atomic E-state index is 6.59. The first-order valence-corrected chi connectivity index (χ1v) is 25.5. The number of alkyl halides is 1. The highest BCUT2D eigenvalue weighted by Crippen LogP contribution is 2.19. The summed E-state index contributed by atoms with van der Waals surface area (Å²) in [7, 11) is -2.20. The molecule has 1 atom stereocenters. The molecule has 0 bridgehead atoms. The van der Waals surface area contributed by atoms with Crippen LogP contribution < -0.4 is 0 Å². The number of ether oxygens (including phenoxy) is 1. The Morgan fingerprint density at radius 1 is 0.500 bits per heavy atom. The lowest BCUT2D eigenvalue weighted by Gasteiger charge is -2.29. The molecule has 0 fully saturated rings. The van der Waals surface area contributed by atoms with Crippen molar-refractivity contribution in [2.75, 3.05) is 18.5 Å². The van der Waals surface area contributed by atoms with Gasteiger partial charge >= 0.3 is 8.56 Å². The van der Waals surface area contributed by atoms with Gasteiger partial charge in [-0.25, -0.2) is 0 Å². The molecule has 0 aliphatic carbocycles. The molecule has 0 rings (SSSR count). The van der Waals surface area contributed by atoms with Gasteiger partial charge in [0.2, 0.25) is 0 Å². The zero-order chi connectivity index (χ0) is 35.2. The second kappa shape index (κ2) is 38.5. The predicted molar refractivity (Wildman–Crippen MR) is 221 cm³/mol. The van der Waals surface area contributed by atoms with Crippen molar-refractivity contribution in [3.05, 3.63) is 12.2 Å². The van der Waals surface area contributed by atoms with Crippen LogP contribution in [0.3, 0.4) is 0 Å². The lowest BCUT2D eigenvalue weighted by Crippen LogP contribution is -2.40. The van der Waals surface area contributed by atoms with E-state index >= 15 is 0 Å².